The summed E-state index contributed by atoms with van der Waals surface area (Å²) in [5, 5.41) is 8.77. The average Bonchev–Trinajstić information content (AvgIpc) is 3.21. The number of benzene rings is 1. The zero-order chi connectivity index (χ0) is 14.7. The van der Waals surface area contributed by atoms with E-state index in [4.69, 9.17) is 15.6 Å². The topological polar surface area (TPSA) is 72.6 Å². The maximum Gasteiger partial charge on any atom is 0.303 e. The first-order valence-electron chi connectivity index (χ1n) is 7.19. The minimum atomic E-state index is -0.815. The lowest BCUT2D eigenvalue weighted by atomic mass is 9.97. The van der Waals surface area contributed by atoms with Crippen LogP contribution in [0.5, 0.6) is 5.75 Å². The standard InChI is InChI=1S/C16H23NO3/c1-10-3-6-13(14(17)7-8-15(18)19)16(11(10)2)20-9-12-4-5-12/h3,6,12,14H,4-5,7-9,17H2,1-2H3,(H,18,19). The van der Waals surface area contributed by atoms with Crippen molar-refractivity contribution in [1.29, 1.82) is 0 Å². The molecule has 0 amide bonds. The summed E-state index contributed by atoms with van der Waals surface area (Å²) in [5.74, 6) is 0.720. The lowest BCUT2D eigenvalue weighted by Gasteiger charge is -2.20. The molecule has 1 aliphatic rings. The molecule has 2 rings (SSSR count). The highest BCUT2D eigenvalue weighted by molar-refractivity contribution is 5.66. The molecule has 110 valence electrons. The Balaban J connectivity index is 2.16. The summed E-state index contributed by atoms with van der Waals surface area (Å²) < 4.78 is 5.97. The zero-order valence-corrected chi connectivity index (χ0v) is 12.2. The van der Waals surface area contributed by atoms with Crippen LogP contribution in [0.1, 0.15) is 48.4 Å². The lowest BCUT2D eigenvalue weighted by molar-refractivity contribution is -0.137. The van der Waals surface area contributed by atoms with E-state index in [0.29, 0.717) is 12.3 Å². The fourth-order valence-corrected chi connectivity index (χ4v) is 2.21. The van der Waals surface area contributed by atoms with Crippen LogP contribution in [0.3, 0.4) is 0 Å². The second-order valence-electron chi connectivity index (χ2n) is 5.72. The second kappa shape index (κ2) is 6.27. The van der Waals surface area contributed by atoms with Gasteiger partial charge in [0.2, 0.25) is 0 Å². The average molecular weight is 277 g/mol. The van der Waals surface area contributed by atoms with Gasteiger partial charge in [0.05, 0.1) is 6.61 Å². The highest BCUT2D eigenvalue weighted by Gasteiger charge is 2.24. The van der Waals surface area contributed by atoms with E-state index in [9.17, 15) is 4.79 Å². The van der Waals surface area contributed by atoms with Crippen molar-refractivity contribution in [1.82, 2.24) is 0 Å². The van der Waals surface area contributed by atoms with Gasteiger partial charge >= 0.3 is 5.97 Å². The molecule has 1 atom stereocenters. The van der Waals surface area contributed by atoms with Crippen molar-refractivity contribution in [3.05, 3.63) is 28.8 Å². The molecule has 0 aromatic heterocycles. The molecule has 1 unspecified atom stereocenters. The molecule has 0 radical (unpaired) electrons. The number of aliphatic carboxylic acids is 1. The predicted molar refractivity (Wildman–Crippen MR) is 77.9 cm³/mol. The summed E-state index contributed by atoms with van der Waals surface area (Å²) in [5.41, 5.74) is 9.34. The van der Waals surface area contributed by atoms with Crippen molar-refractivity contribution in [3.63, 3.8) is 0 Å². The Morgan fingerprint density at radius 1 is 1.45 bits per heavy atom. The van der Waals surface area contributed by atoms with Crippen LogP contribution in [-0.4, -0.2) is 17.7 Å². The fourth-order valence-electron chi connectivity index (χ4n) is 2.21. The number of rotatable bonds is 7. The molecule has 0 bridgehead atoms. The number of ether oxygens (including phenoxy) is 1. The monoisotopic (exact) mass is 277 g/mol. The summed E-state index contributed by atoms with van der Waals surface area (Å²) in [4.78, 5) is 10.7. The molecule has 1 saturated carbocycles. The Bertz CT molecular complexity index is 495. The summed E-state index contributed by atoms with van der Waals surface area (Å²) in [6, 6.07) is 3.70. The SMILES string of the molecule is Cc1ccc(C(N)CCC(=O)O)c(OCC2CC2)c1C. The van der Waals surface area contributed by atoms with Crippen LogP contribution in [0.15, 0.2) is 12.1 Å². The maximum absolute atomic E-state index is 10.7. The zero-order valence-electron chi connectivity index (χ0n) is 12.2. The molecule has 3 N–H and O–H groups in total. The Hall–Kier alpha value is -1.55. The molecule has 4 heteroatoms. The van der Waals surface area contributed by atoms with Crippen molar-refractivity contribution >= 4 is 5.97 Å². The number of nitrogens with two attached hydrogens (primary N) is 1. The molecule has 1 aromatic carbocycles. The van der Waals surface area contributed by atoms with Crippen LogP contribution in [0.2, 0.25) is 0 Å². The largest absolute Gasteiger partial charge is 0.493 e. The van der Waals surface area contributed by atoms with E-state index in [0.717, 1.165) is 23.5 Å². The Morgan fingerprint density at radius 2 is 2.15 bits per heavy atom. The molecular weight excluding hydrogens is 254 g/mol. The van der Waals surface area contributed by atoms with Crippen LogP contribution in [0.4, 0.5) is 0 Å². The van der Waals surface area contributed by atoms with Crippen molar-refractivity contribution in [2.45, 2.75) is 45.6 Å². The number of aryl methyl sites for hydroxylation is 1. The molecule has 1 aliphatic carbocycles. The smallest absolute Gasteiger partial charge is 0.303 e. The van der Waals surface area contributed by atoms with Gasteiger partial charge in [-0.2, -0.15) is 0 Å². The lowest BCUT2D eigenvalue weighted by Crippen LogP contribution is -2.15. The van der Waals surface area contributed by atoms with Crippen molar-refractivity contribution in [2.24, 2.45) is 11.7 Å². The minimum Gasteiger partial charge on any atom is -0.493 e. The van der Waals surface area contributed by atoms with Crippen LogP contribution >= 0.6 is 0 Å². The third kappa shape index (κ3) is 3.73. The van der Waals surface area contributed by atoms with Crippen LogP contribution in [-0.2, 0) is 4.79 Å². The van der Waals surface area contributed by atoms with Gasteiger partial charge < -0.3 is 15.6 Å². The van der Waals surface area contributed by atoms with E-state index in [1.165, 1.54) is 18.4 Å². The van der Waals surface area contributed by atoms with Gasteiger partial charge in [0, 0.05) is 18.0 Å². The maximum atomic E-state index is 10.7. The molecule has 1 aromatic rings. The first-order valence-corrected chi connectivity index (χ1v) is 7.19. The van der Waals surface area contributed by atoms with E-state index in [1.807, 2.05) is 26.0 Å². The molecule has 0 heterocycles. The molecule has 20 heavy (non-hydrogen) atoms. The van der Waals surface area contributed by atoms with Crippen molar-refractivity contribution in [2.75, 3.05) is 6.61 Å². The minimum absolute atomic E-state index is 0.0795. The van der Waals surface area contributed by atoms with Crippen LogP contribution < -0.4 is 10.5 Å². The van der Waals surface area contributed by atoms with E-state index in [-0.39, 0.29) is 12.5 Å². The van der Waals surface area contributed by atoms with Gasteiger partial charge in [0.1, 0.15) is 5.75 Å². The van der Waals surface area contributed by atoms with Gasteiger partial charge in [-0.3, -0.25) is 4.79 Å². The number of carboxylic acid groups (broad SMARTS) is 1. The van der Waals surface area contributed by atoms with Crippen molar-refractivity contribution in [3.8, 4) is 5.75 Å². The number of hydrogen-bond acceptors (Lipinski definition) is 3. The number of carboxylic acids is 1. The molecule has 4 nitrogen and oxygen atoms in total. The Morgan fingerprint density at radius 3 is 2.75 bits per heavy atom. The summed E-state index contributed by atoms with van der Waals surface area (Å²) in [6.07, 6.45) is 2.99. The molecule has 0 spiro atoms. The summed E-state index contributed by atoms with van der Waals surface area (Å²) >= 11 is 0. The van der Waals surface area contributed by atoms with E-state index < -0.39 is 5.97 Å². The third-order valence-electron chi connectivity index (χ3n) is 3.94. The predicted octanol–water partition coefficient (Wildman–Crippen LogP) is 2.96. The van der Waals surface area contributed by atoms with Gasteiger partial charge in [-0.05, 0) is 50.2 Å². The van der Waals surface area contributed by atoms with Crippen molar-refractivity contribution < 1.29 is 14.6 Å². The fraction of sp³-hybridized carbons (Fsp3) is 0.562. The molecule has 0 saturated heterocycles. The first-order chi connectivity index (χ1) is 9.49. The van der Waals surface area contributed by atoms with Gasteiger partial charge in [-0.15, -0.1) is 0 Å². The molecular formula is C16H23NO3. The van der Waals surface area contributed by atoms with Crippen LogP contribution in [0.25, 0.3) is 0 Å². The van der Waals surface area contributed by atoms with Gasteiger partial charge in [0.15, 0.2) is 0 Å². The van der Waals surface area contributed by atoms with Gasteiger partial charge in [-0.25, -0.2) is 0 Å². The number of hydrogen-bond donors (Lipinski definition) is 2. The highest BCUT2D eigenvalue weighted by atomic mass is 16.5. The van der Waals surface area contributed by atoms with Gasteiger partial charge in [0.25, 0.3) is 0 Å². The molecule has 0 aliphatic heterocycles. The Labute approximate surface area is 119 Å². The summed E-state index contributed by atoms with van der Waals surface area (Å²) in [7, 11) is 0. The van der Waals surface area contributed by atoms with E-state index in [1.54, 1.807) is 0 Å². The Kier molecular flexibility index (Phi) is 4.65. The number of carbonyl (C=O) groups is 1. The van der Waals surface area contributed by atoms with Crippen LogP contribution in [0, 0.1) is 19.8 Å². The normalized spacial score (nSPS) is 15.9. The highest BCUT2D eigenvalue weighted by Crippen LogP contribution is 2.35. The van der Waals surface area contributed by atoms with E-state index >= 15 is 0 Å². The summed E-state index contributed by atoms with van der Waals surface area (Å²) in [6.45, 7) is 4.82. The second-order valence-corrected chi connectivity index (χ2v) is 5.72. The first kappa shape index (κ1) is 14.9. The molecule has 1 fully saturated rings. The quantitative estimate of drug-likeness (QED) is 0.803. The third-order valence-corrected chi connectivity index (χ3v) is 3.94. The van der Waals surface area contributed by atoms with E-state index in [2.05, 4.69) is 0 Å². The van der Waals surface area contributed by atoms with Gasteiger partial charge in [-0.1, -0.05) is 12.1 Å².